The van der Waals surface area contributed by atoms with E-state index in [-0.39, 0.29) is 6.54 Å². The van der Waals surface area contributed by atoms with Crippen LogP contribution in [0.1, 0.15) is 46.4 Å². The zero-order valence-electron chi connectivity index (χ0n) is 18.7. The first-order valence-electron chi connectivity index (χ1n) is 11.5. The van der Waals surface area contributed by atoms with E-state index in [9.17, 15) is 14.4 Å². The summed E-state index contributed by atoms with van der Waals surface area (Å²) in [6.07, 6.45) is 4.86. The Balaban J connectivity index is 1.25. The van der Waals surface area contributed by atoms with Crippen LogP contribution in [0, 0.1) is 0 Å². The Hall–Kier alpha value is -4.07. The van der Waals surface area contributed by atoms with Crippen molar-refractivity contribution in [2.75, 3.05) is 29.9 Å². The Morgan fingerprint density at radius 1 is 0.824 bits per heavy atom. The van der Waals surface area contributed by atoms with Crippen molar-refractivity contribution in [2.24, 2.45) is 0 Å². The van der Waals surface area contributed by atoms with Crippen molar-refractivity contribution in [3.8, 4) is 11.3 Å². The highest BCUT2D eigenvalue weighted by Crippen LogP contribution is 2.24. The largest absolute Gasteiger partial charge is 0.355 e. The molecule has 0 atom stereocenters. The van der Waals surface area contributed by atoms with Gasteiger partial charge in [-0.15, -0.1) is 10.2 Å². The molecule has 0 bridgehead atoms. The fraction of sp³-hybridized carbons (Fsp3) is 0.269. The molecule has 2 aliphatic heterocycles. The summed E-state index contributed by atoms with van der Waals surface area (Å²) in [5.41, 5.74) is 2.72. The van der Waals surface area contributed by atoms with E-state index in [4.69, 9.17) is 0 Å². The number of amides is 3. The van der Waals surface area contributed by atoms with Gasteiger partial charge in [0.05, 0.1) is 16.8 Å². The summed E-state index contributed by atoms with van der Waals surface area (Å²) < 4.78 is 0. The minimum Gasteiger partial charge on any atom is -0.355 e. The molecule has 1 saturated heterocycles. The molecule has 1 fully saturated rings. The molecule has 34 heavy (non-hydrogen) atoms. The van der Waals surface area contributed by atoms with Crippen LogP contribution < -0.4 is 10.2 Å². The van der Waals surface area contributed by atoms with E-state index >= 15 is 0 Å². The van der Waals surface area contributed by atoms with E-state index < -0.39 is 17.7 Å². The first-order chi connectivity index (χ1) is 16.6. The number of rotatable bonds is 5. The van der Waals surface area contributed by atoms with Crippen molar-refractivity contribution in [3.63, 3.8) is 0 Å². The fourth-order valence-electron chi connectivity index (χ4n) is 4.43. The third-order valence-corrected chi connectivity index (χ3v) is 6.20. The van der Waals surface area contributed by atoms with Crippen molar-refractivity contribution in [1.82, 2.24) is 15.1 Å². The number of carbonyl (C=O) groups excluding carboxylic acids is 3. The molecule has 1 N–H and O–H groups in total. The highest BCUT2D eigenvalue weighted by molar-refractivity contribution is 6.22. The highest BCUT2D eigenvalue weighted by Gasteiger charge is 2.36. The summed E-state index contributed by atoms with van der Waals surface area (Å²) in [5, 5.41) is 11.6. The molecule has 3 heterocycles. The van der Waals surface area contributed by atoms with Gasteiger partial charge < -0.3 is 10.2 Å². The van der Waals surface area contributed by atoms with Crippen LogP contribution in [0.2, 0.25) is 0 Å². The quantitative estimate of drug-likeness (QED) is 0.589. The molecule has 0 radical (unpaired) electrons. The summed E-state index contributed by atoms with van der Waals surface area (Å²) in [5.74, 6) is -0.473. The second kappa shape index (κ2) is 9.43. The van der Waals surface area contributed by atoms with Gasteiger partial charge in [0.25, 0.3) is 11.8 Å². The van der Waals surface area contributed by atoms with Crippen LogP contribution in [0.25, 0.3) is 11.3 Å². The minimum atomic E-state index is -0.454. The van der Waals surface area contributed by atoms with Crippen molar-refractivity contribution in [1.29, 1.82) is 0 Å². The smallest absolute Gasteiger partial charge is 0.262 e. The number of carbonyl (C=O) groups is 3. The summed E-state index contributed by atoms with van der Waals surface area (Å²) in [6.45, 7) is 1.66. The number of aromatic nitrogens is 2. The third kappa shape index (κ3) is 4.39. The molecule has 0 spiro atoms. The topological polar surface area (TPSA) is 95.5 Å². The van der Waals surface area contributed by atoms with Gasteiger partial charge in [0.2, 0.25) is 5.91 Å². The average Bonchev–Trinajstić information content (AvgIpc) is 3.05. The first-order valence-corrected chi connectivity index (χ1v) is 11.5. The molecule has 2 aromatic carbocycles. The molecule has 8 heteroatoms. The van der Waals surface area contributed by atoms with Gasteiger partial charge in [-0.2, -0.15) is 0 Å². The predicted octanol–water partition coefficient (Wildman–Crippen LogP) is 3.76. The predicted molar refractivity (Wildman–Crippen MR) is 129 cm³/mol. The van der Waals surface area contributed by atoms with Crippen LogP contribution in [0.5, 0.6) is 0 Å². The molecule has 5 rings (SSSR count). The number of imide groups is 1. The van der Waals surface area contributed by atoms with Gasteiger partial charge in [0.1, 0.15) is 6.54 Å². The Morgan fingerprint density at radius 3 is 2.18 bits per heavy atom. The standard InChI is InChI=1S/C26H25N5O3/c32-24(17-31-25(33)20-10-3-4-11-21(20)26(31)34)27-19-9-7-8-18(16-19)22-12-13-23(29-28-22)30-14-5-1-2-6-15-30/h3-4,7-13,16H,1-2,5-6,14-15,17H2,(H,27,32). The molecule has 0 aliphatic carbocycles. The molecular formula is C26H25N5O3. The Bertz CT molecular complexity index is 1200. The number of hydrogen-bond acceptors (Lipinski definition) is 6. The fourth-order valence-corrected chi connectivity index (χ4v) is 4.43. The van der Waals surface area contributed by atoms with Crippen molar-refractivity contribution in [3.05, 3.63) is 71.8 Å². The lowest BCUT2D eigenvalue weighted by atomic mass is 10.1. The Morgan fingerprint density at radius 2 is 1.53 bits per heavy atom. The summed E-state index contributed by atoms with van der Waals surface area (Å²) in [6, 6.07) is 17.8. The second-order valence-electron chi connectivity index (χ2n) is 8.55. The lowest BCUT2D eigenvalue weighted by Gasteiger charge is -2.20. The number of nitrogens with zero attached hydrogens (tertiary/aromatic N) is 4. The average molecular weight is 456 g/mol. The summed E-state index contributed by atoms with van der Waals surface area (Å²) in [7, 11) is 0. The van der Waals surface area contributed by atoms with Crippen LogP contribution in [-0.2, 0) is 4.79 Å². The molecule has 8 nitrogen and oxygen atoms in total. The lowest BCUT2D eigenvalue weighted by molar-refractivity contribution is -0.116. The van der Waals surface area contributed by atoms with Crippen LogP contribution in [0.4, 0.5) is 11.5 Å². The third-order valence-electron chi connectivity index (χ3n) is 6.20. The van der Waals surface area contributed by atoms with E-state index in [1.54, 1.807) is 36.4 Å². The maximum Gasteiger partial charge on any atom is 0.262 e. The molecular weight excluding hydrogens is 430 g/mol. The lowest BCUT2D eigenvalue weighted by Crippen LogP contribution is -2.37. The minimum absolute atomic E-state index is 0.324. The monoisotopic (exact) mass is 455 g/mol. The van der Waals surface area contributed by atoms with E-state index in [0.29, 0.717) is 22.5 Å². The molecule has 0 unspecified atom stereocenters. The van der Waals surface area contributed by atoms with Gasteiger partial charge in [-0.25, -0.2) is 0 Å². The van der Waals surface area contributed by atoms with Gasteiger partial charge in [0, 0.05) is 24.3 Å². The van der Waals surface area contributed by atoms with Crippen LogP contribution >= 0.6 is 0 Å². The molecule has 0 saturated carbocycles. The van der Waals surface area contributed by atoms with Crippen LogP contribution in [0.15, 0.2) is 60.7 Å². The van der Waals surface area contributed by atoms with Crippen molar-refractivity contribution >= 4 is 29.2 Å². The molecule has 3 amide bonds. The maximum atomic E-state index is 12.6. The van der Waals surface area contributed by atoms with E-state index in [0.717, 1.165) is 29.4 Å². The number of hydrogen-bond donors (Lipinski definition) is 1. The van der Waals surface area contributed by atoms with E-state index in [2.05, 4.69) is 20.4 Å². The SMILES string of the molecule is O=C(CN1C(=O)c2ccccc2C1=O)Nc1cccc(-c2ccc(N3CCCCCC3)nn2)c1. The van der Waals surface area contributed by atoms with Crippen LogP contribution in [0.3, 0.4) is 0 Å². The Labute approximate surface area is 197 Å². The molecule has 1 aromatic heterocycles. The second-order valence-corrected chi connectivity index (χ2v) is 8.55. The maximum absolute atomic E-state index is 12.6. The number of benzene rings is 2. The summed E-state index contributed by atoms with van der Waals surface area (Å²) >= 11 is 0. The first kappa shape index (κ1) is 21.8. The summed E-state index contributed by atoms with van der Waals surface area (Å²) in [4.78, 5) is 40.9. The van der Waals surface area contributed by atoms with Gasteiger partial charge in [-0.1, -0.05) is 37.1 Å². The number of nitrogens with one attached hydrogen (secondary N) is 1. The zero-order chi connectivity index (χ0) is 23.5. The van der Waals surface area contributed by atoms with Gasteiger partial charge in [0.15, 0.2) is 5.82 Å². The van der Waals surface area contributed by atoms with Crippen LogP contribution in [-0.4, -0.2) is 52.5 Å². The zero-order valence-corrected chi connectivity index (χ0v) is 18.7. The van der Waals surface area contributed by atoms with Gasteiger partial charge in [-0.05, 0) is 49.2 Å². The molecule has 3 aromatic rings. The van der Waals surface area contributed by atoms with Gasteiger partial charge >= 0.3 is 0 Å². The molecule has 2 aliphatic rings. The highest BCUT2D eigenvalue weighted by atomic mass is 16.2. The van der Waals surface area contributed by atoms with E-state index in [1.807, 2.05) is 24.3 Å². The number of fused-ring (bicyclic) bond motifs is 1. The normalized spacial score (nSPS) is 15.8. The van der Waals surface area contributed by atoms with Crippen molar-refractivity contribution < 1.29 is 14.4 Å². The van der Waals surface area contributed by atoms with Crippen molar-refractivity contribution in [2.45, 2.75) is 25.7 Å². The van der Waals surface area contributed by atoms with Gasteiger partial charge in [-0.3, -0.25) is 19.3 Å². The molecule has 172 valence electrons. The van der Waals surface area contributed by atoms with E-state index in [1.165, 1.54) is 25.7 Å². The number of anilines is 2. The Kier molecular flexibility index (Phi) is 6.03.